The molecular formula is C30H40N2O7. The zero-order valence-electron chi connectivity index (χ0n) is 23.6. The van der Waals surface area contributed by atoms with Crippen LogP contribution in [0.3, 0.4) is 0 Å². The number of urea groups is 1. The maximum atomic E-state index is 13.5. The number of aromatic hydroxyl groups is 2. The summed E-state index contributed by atoms with van der Waals surface area (Å²) in [5.41, 5.74) is 2.64. The molecule has 1 aliphatic rings. The first kappa shape index (κ1) is 30.1. The monoisotopic (exact) mass is 540 g/mol. The normalized spacial score (nSPS) is 17.1. The molecule has 0 aromatic heterocycles. The third kappa shape index (κ3) is 5.94. The fourth-order valence-electron chi connectivity index (χ4n) is 5.53. The van der Waals surface area contributed by atoms with Gasteiger partial charge in [-0.1, -0.05) is 38.1 Å². The minimum absolute atomic E-state index is 0.139. The highest BCUT2D eigenvalue weighted by molar-refractivity contribution is 6.19. The minimum Gasteiger partial charge on any atom is -0.507 e. The van der Waals surface area contributed by atoms with E-state index >= 15 is 0 Å². The first-order valence-electron chi connectivity index (χ1n) is 13.4. The van der Waals surface area contributed by atoms with Gasteiger partial charge in [0, 0.05) is 12.8 Å². The summed E-state index contributed by atoms with van der Waals surface area (Å²) in [6.07, 6.45) is -1.59. The number of amides is 4. The number of hydrogen-bond donors (Lipinski definition) is 4. The number of β-amino-alcohol motifs (C(OH)–C–C–N with tert-alkyl or cyclic N) is 2. The van der Waals surface area contributed by atoms with Crippen molar-refractivity contribution < 1.29 is 34.8 Å². The maximum Gasteiger partial charge on any atom is 0.333 e. The zero-order chi connectivity index (χ0) is 29.2. The van der Waals surface area contributed by atoms with Crippen LogP contribution in [0.15, 0.2) is 24.3 Å². The van der Waals surface area contributed by atoms with Gasteiger partial charge in [-0.2, -0.15) is 0 Å². The predicted octanol–water partition coefficient (Wildman–Crippen LogP) is 3.44. The van der Waals surface area contributed by atoms with Crippen LogP contribution in [0.4, 0.5) is 4.79 Å². The lowest BCUT2D eigenvalue weighted by atomic mass is 9.77. The maximum absolute atomic E-state index is 13.5. The Hall–Kier alpha value is -3.43. The highest BCUT2D eigenvalue weighted by Gasteiger charge is 2.55. The van der Waals surface area contributed by atoms with Crippen LogP contribution >= 0.6 is 0 Å². The molecule has 0 aliphatic carbocycles. The number of barbiturate groups is 1. The Morgan fingerprint density at radius 1 is 0.667 bits per heavy atom. The van der Waals surface area contributed by atoms with E-state index < -0.39 is 35.5 Å². The van der Waals surface area contributed by atoms with Crippen LogP contribution < -0.4 is 0 Å². The Labute approximate surface area is 229 Å². The van der Waals surface area contributed by atoms with Crippen molar-refractivity contribution in [2.75, 3.05) is 13.1 Å². The predicted molar refractivity (Wildman–Crippen MR) is 146 cm³/mol. The summed E-state index contributed by atoms with van der Waals surface area (Å²) < 4.78 is 0. The van der Waals surface area contributed by atoms with Gasteiger partial charge in [0.05, 0.1) is 25.3 Å². The second-order valence-corrected chi connectivity index (χ2v) is 10.8. The Morgan fingerprint density at radius 2 is 0.974 bits per heavy atom. The summed E-state index contributed by atoms with van der Waals surface area (Å²) in [7, 11) is 0. The van der Waals surface area contributed by atoms with E-state index in [2.05, 4.69) is 0 Å². The third-order valence-electron chi connectivity index (χ3n) is 7.81. The molecule has 2 atom stereocenters. The van der Waals surface area contributed by atoms with E-state index in [1.807, 2.05) is 0 Å². The van der Waals surface area contributed by atoms with Crippen molar-refractivity contribution in [1.29, 1.82) is 0 Å². The van der Waals surface area contributed by atoms with E-state index in [1.54, 1.807) is 65.8 Å². The number of carbonyl (C=O) groups excluding carboxylic acids is 3. The molecule has 39 heavy (non-hydrogen) atoms. The number of aliphatic hydroxyl groups excluding tert-OH is 2. The number of imide groups is 2. The van der Waals surface area contributed by atoms with E-state index in [1.165, 1.54) is 0 Å². The highest BCUT2D eigenvalue weighted by Crippen LogP contribution is 2.36. The van der Waals surface area contributed by atoms with Gasteiger partial charge < -0.3 is 20.4 Å². The molecule has 9 heteroatoms. The number of phenols is 2. The molecule has 1 saturated heterocycles. The second kappa shape index (κ2) is 11.8. The van der Waals surface area contributed by atoms with Gasteiger partial charge >= 0.3 is 6.03 Å². The number of rotatable bonds is 10. The fourth-order valence-corrected chi connectivity index (χ4v) is 5.53. The molecule has 3 rings (SSSR count). The molecule has 0 bridgehead atoms. The highest BCUT2D eigenvalue weighted by atomic mass is 16.3. The number of aryl methyl sites for hydroxylation is 4. The molecule has 4 N–H and O–H groups in total. The molecule has 2 unspecified atom stereocenters. The van der Waals surface area contributed by atoms with Crippen LogP contribution in [0.2, 0.25) is 0 Å². The van der Waals surface area contributed by atoms with Crippen LogP contribution in [0.1, 0.15) is 60.1 Å². The summed E-state index contributed by atoms with van der Waals surface area (Å²) in [4.78, 5) is 42.4. The van der Waals surface area contributed by atoms with Crippen LogP contribution in [0.25, 0.3) is 0 Å². The van der Waals surface area contributed by atoms with E-state index in [0.29, 0.717) is 22.3 Å². The second-order valence-electron chi connectivity index (χ2n) is 10.8. The number of phenolic OH excluding ortho intramolecular Hbond substituents is 2. The lowest BCUT2D eigenvalue weighted by molar-refractivity contribution is -0.161. The third-order valence-corrected chi connectivity index (χ3v) is 7.81. The number of nitrogens with zero attached hydrogens (tertiary/aromatic N) is 2. The fraction of sp³-hybridized carbons (Fsp3) is 0.500. The van der Waals surface area contributed by atoms with Gasteiger partial charge in [-0.3, -0.25) is 19.4 Å². The van der Waals surface area contributed by atoms with Gasteiger partial charge in [-0.25, -0.2) is 4.79 Å². The van der Waals surface area contributed by atoms with Gasteiger partial charge in [0.2, 0.25) is 11.8 Å². The van der Waals surface area contributed by atoms with E-state index in [-0.39, 0.29) is 50.3 Å². The molecule has 1 fully saturated rings. The quantitative estimate of drug-likeness (QED) is 0.339. The minimum atomic E-state index is -1.47. The average Bonchev–Trinajstić information content (AvgIpc) is 2.87. The van der Waals surface area contributed by atoms with Gasteiger partial charge in [-0.15, -0.1) is 0 Å². The number of carbonyl (C=O) groups is 3. The largest absolute Gasteiger partial charge is 0.507 e. The van der Waals surface area contributed by atoms with Gasteiger partial charge in [0.25, 0.3) is 0 Å². The summed E-state index contributed by atoms with van der Waals surface area (Å²) in [6, 6.07) is 6.11. The lowest BCUT2D eigenvalue weighted by Crippen LogP contribution is -2.66. The van der Waals surface area contributed by atoms with Crippen LogP contribution in [0.5, 0.6) is 11.5 Å². The number of hydrogen-bond acceptors (Lipinski definition) is 7. The summed E-state index contributed by atoms with van der Waals surface area (Å²) in [5, 5.41) is 41.8. The average molecular weight is 541 g/mol. The number of aliphatic hydroxyl groups is 2. The van der Waals surface area contributed by atoms with Crippen LogP contribution in [0, 0.1) is 33.1 Å². The molecule has 9 nitrogen and oxygen atoms in total. The summed E-state index contributed by atoms with van der Waals surface area (Å²) in [6.45, 7) is 9.81. The Balaban J connectivity index is 1.84. The van der Waals surface area contributed by atoms with Gasteiger partial charge in [0.15, 0.2) is 0 Å². The van der Waals surface area contributed by atoms with E-state index in [9.17, 15) is 34.8 Å². The molecule has 0 spiro atoms. The van der Waals surface area contributed by atoms with Crippen molar-refractivity contribution in [2.45, 2.75) is 79.4 Å². The van der Waals surface area contributed by atoms with Crippen molar-refractivity contribution in [3.63, 3.8) is 0 Å². The lowest BCUT2D eigenvalue weighted by Gasteiger charge is -2.44. The van der Waals surface area contributed by atoms with Gasteiger partial charge in [0.1, 0.15) is 16.9 Å². The molecule has 1 aliphatic heterocycles. The smallest absolute Gasteiger partial charge is 0.333 e. The van der Waals surface area contributed by atoms with Crippen molar-refractivity contribution in [1.82, 2.24) is 9.80 Å². The standard InChI is InChI=1S/C30H40N2O7/c1-7-30(8-2)27(37)31(15-23(33)13-21-9-17(3)25(35)18(4)10-21)29(39)32(28(30)38)16-24(34)14-22-11-19(5)26(36)20(6)12-22/h9-12,23-24,33-36H,7-8,13-16H2,1-6H3. The first-order valence-corrected chi connectivity index (χ1v) is 13.4. The van der Waals surface area contributed by atoms with Crippen molar-refractivity contribution in [3.8, 4) is 11.5 Å². The first-order chi connectivity index (χ1) is 18.2. The zero-order valence-corrected chi connectivity index (χ0v) is 23.6. The molecule has 0 radical (unpaired) electrons. The molecule has 4 amide bonds. The van der Waals surface area contributed by atoms with E-state index in [0.717, 1.165) is 20.9 Å². The van der Waals surface area contributed by atoms with Gasteiger partial charge in [-0.05, 0) is 73.9 Å². The van der Waals surface area contributed by atoms with Crippen molar-refractivity contribution in [3.05, 3.63) is 57.6 Å². The molecule has 1 heterocycles. The topological polar surface area (TPSA) is 139 Å². The van der Waals surface area contributed by atoms with Crippen molar-refractivity contribution in [2.24, 2.45) is 5.41 Å². The molecule has 0 saturated carbocycles. The SMILES string of the molecule is CCC1(CC)C(=O)N(CC(O)Cc2cc(C)c(O)c(C)c2)C(=O)N(CC(O)Cc2cc(C)c(O)c(C)c2)C1=O. The molecule has 2 aromatic rings. The Bertz CT molecular complexity index is 1130. The summed E-state index contributed by atoms with van der Waals surface area (Å²) >= 11 is 0. The summed E-state index contributed by atoms with van der Waals surface area (Å²) in [5.74, 6) is -0.934. The Kier molecular flexibility index (Phi) is 9.08. The number of benzene rings is 2. The Morgan fingerprint density at radius 3 is 1.26 bits per heavy atom. The molecule has 2 aromatic carbocycles. The van der Waals surface area contributed by atoms with Crippen LogP contribution in [-0.2, 0) is 22.4 Å². The van der Waals surface area contributed by atoms with Crippen molar-refractivity contribution >= 4 is 17.8 Å². The molecular weight excluding hydrogens is 500 g/mol. The van der Waals surface area contributed by atoms with Crippen LogP contribution in [-0.4, -0.2) is 73.4 Å². The van der Waals surface area contributed by atoms with E-state index in [4.69, 9.17) is 0 Å². The molecule has 212 valence electrons.